The van der Waals surface area contributed by atoms with Crippen molar-refractivity contribution in [2.24, 2.45) is 5.73 Å². The lowest BCUT2D eigenvalue weighted by Crippen LogP contribution is -2.21. The number of pyridine rings is 2. The number of hydrogen-bond acceptors (Lipinski definition) is 7. The molecule has 11 heteroatoms. The van der Waals surface area contributed by atoms with Gasteiger partial charge in [-0.15, -0.1) is 13.2 Å². The first-order valence-electron chi connectivity index (χ1n) is 10.8. The number of carbonyl (C=O) groups is 1. The molecule has 0 atom stereocenters. The minimum Gasteiger partial charge on any atom is -0.481 e. The van der Waals surface area contributed by atoms with Crippen molar-refractivity contribution in [1.82, 2.24) is 9.97 Å². The molecule has 8 nitrogen and oxygen atoms in total. The van der Waals surface area contributed by atoms with Gasteiger partial charge in [-0.05, 0) is 56.3 Å². The van der Waals surface area contributed by atoms with Gasteiger partial charge in [0.05, 0.1) is 12.7 Å². The van der Waals surface area contributed by atoms with Crippen LogP contribution in [0.15, 0.2) is 54.9 Å². The van der Waals surface area contributed by atoms with Gasteiger partial charge >= 0.3 is 6.36 Å². The lowest BCUT2D eigenvalue weighted by Gasteiger charge is -2.21. The minimum absolute atomic E-state index is 0.305. The first-order chi connectivity index (χ1) is 16.8. The van der Waals surface area contributed by atoms with Crippen molar-refractivity contribution in [3.05, 3.63) is 60.4 Å². The Morgan fingerprint density at radius 2 is 1.71 bits per heavy atom. The molecule has 0 bridgehead atoms. The predicted molar refractivity (Wildman–Crippen MR) is 127 cm³/mol. The lowest BCUT2D eigenvalue weighted by atomic mass is 10.1. The van der Waals surface area contributed by atoms with Crippen LogP contribution in [-0.4, -0.2) is 49.5 Å². The third kappa shape index (κ3) is 6.82. The zero-order valence-electron chi connectivity index (χ0n) is 19.3. The highest BCUT2D eigenvalue weighted by Crippen LogP contribution is 2.32. The Labute approximate surface area is 200 Å². The van der Waals surface area contributed by atoms with E-state index in [0.717, 1.165) is 55.0 Å². The van der Waals surface area contributed by atoms with Gasteiger partial charge in [-0.3, -0.25) is 4.79 Å². The molecule has 0 saturated carbocycles. The summed E-state index contributed by atoms with van der Waals surface area (Å²) in [6.07, 6.45) is 0.512. The minimum atomic E-state index is -4.78. The van der Waals surface area contributed by atoms with Crippen LogP contribution < -0.4 is 25.4 Å². The third-order valence-corrected chi connectivity index (χ3v) is 5.14. The Morgan fingerprint density at radius 3 is 2.29 bits per heavy atom. The molecule has 3 heterocycles. The van der Waals surface area contributed by atoms with E-state index in [1.54, 1.807) is 18.3 Å². The topological polar surface area (TPSA) is 103 Å². The first-order valence-corrected chi connectivity index (χ1v) is 10.8. The van der Waals surface area contributed by atoms with E-state index in [9.17, 15) is 18.0 Å². The van der Waals surface area contributed by atoms with E-state index in [4.69, 9.17) is 4.74 Å². The smallest absolute Gasteiger partial charge is 0.481 e. The zero-order valence-corrected chi connectivity index (χ0v) is 19.3. The molecular weight excluding hydrogens is 463 g/mol. The van der Waals surface area contributed by atoms with Gasteiger partial charge in [-0.2, -0.15) is 0 Å². The maximum Gasteiger partial charge on any atom is 0.573 e. The van der Waals surface area contributed by atoms with Crippen molar-refractivity contribution in [2.45, 2.75) is 19.2 Å². The van der Waals surface area contributed by atoms with E-state index < -0.39 is 12.3 Å². The Bertz CT molecular complexity index is 1120. The second-order valence-corrected chi connectivity index (χ2v) is 7.40. The van der Waals surface area contributed by atoms with Crippen LogP contribution in [-0.2, 0) is 0 Å². The third-order valence-electron chi connectivity index (χ3n) is 5.14. The lowest BCUT2D eigenvalue weighted by molar-refractivity contribution is -0.274. The number of benzene rings is 1. The fourth-order valence-corrected chi connectivity index (χ4v) is 3.58. The summed E-state index contributed by atoms with van der Waals surface area (Å²) in [4.78, 5) is 23.8. The molecule has 3 aromatic rings. The average Bonchev–Trinajstić information content (AvgIpc) is 3.40. The molecule has 0 aliphatic carbocycles. The quantitative estimate of drug-likeness (QED) is 0.526. The van der Waals surface area contributed by atoms with Gasteiger partial charge in [-0.25, -0.2) is 9.97 Å². The summed E-state index contributed by atoms with van der Waals surface area (Å²) in [5.74, 6) is 0.431. The van der Waals surface area contributed by atoms with E-state index in [-0.39, 0.29) is 5.75 Å². The largest absolute Gasteiger partial charge is 0.573 e. The molecule has 1 aliphatic heterocycles. The number of rotatable bonds is 6. The molecule has 0 radical (unpaired) electrons. The molecule has 0 spiro atoms. The second-order valence-electron chi connectivity index (χ2n) is 7.40. The highest BCUT2D eigenvalue weighted by atomic mass is 19.4. The van der Waals surface area contributed by atoms with Crippen LogP contribution in [0, 0.1) is 0 Å². The number of aromatic nitrogens is 2. The van der Waals surface area contributed by atoms with Gasteiger partial charge in [-0.1, -0.05) is 0 Å². The van der Waals surface area contributed by atoms with Gasteiger partial charge in [0.25, 0.3) is 5.91 Å². The van der Waals surface area contributed by atoms with E-state index in [1.807, 2.05) is 6.07 Å². The number of hydrogen-bond donors (Lipinski definition) is 2. The summed E-state index contributed by atoms with van der Waals surface area (Å²) in [7, 11) is 3.03. The van der Waals surface area contributed by atoms with Gasteiger partial charge in [0, 0.05) is 48.4 Å². The number of nitrogens with zero attached hydrogens (tertiary/aromatic N) is 3. The summed E-state index contributed by atoms with van der Waals surface area (Å²) < 4.78 is 45.9. The van der Waals surface area contributed by atoms with E-state index in [2.05, 4.69) is 30.7 Å². The number of alkyl halides is 3. The maximum atomic E-state index is 12.8. The van der Waals surface area contributed by atoms with Crippen LogP contribution in [0.25, 0.3) is 11.1 Å². The summed E-state index contributed by atoms with van der Waals surface area (Å²) in [6, 6.07) is 10.3. The summed E-state index contributed by atoms with van der Waals surface area (Å²) in [5, 5.41) is 2.67. The Hall–Kier alpha value is -3.86. The fourth-order valence-electron chi connectivity index (χ4n) is 3.58. The van der Waals surface area contributed by atoms with Crippen LogP contribution in [0.2, 0.25) is 0 Å². The number of methoxy groups -OCH3 is 1. The molecule has 1 saturated heterocycles. The Balaban J connectivity index is 0.00000167. The van der Waals surface area contributed by atoms with Gasteiger partial charge in [0.15, 0.2) is 0 Å². The van der Waals surface area contributed by atoms with E-state index in [0.29, 0.717) is 17.1 Å². The molecule has 1 aromatic carbocycles. The fraction of sp³-hybridized carbons (Fsp3) is 0.292. The zero-order chi connectivity index (χ0) is 25.4. The average molecular weight is 489 g/mol. The van der Waals surface area contributed by atoms with Crippen LogP contribution in [0.4, 0.5) is 24.7 Å². The van der Waals surface area contributed by atoms with Crippen molar-refractivity contribution < 1.29 is 27.4 Å². The van der Waals surface area contributed by atoms with Crippen LogP contribution in [0.1, 0.15) is 23.2 Å². The molecule has 4 rings (SSSR count). The van der Waals surface area contributed by atoms with Crippen LogP contribution >= 0.6 is 0 Å². The van der Waals surface area contributed by atoms with Crippen LogP contribution in [0.5, 0.6) is 11.6 Å². The van der Waals surface area contributed by atoms with Crippen molar-refractivity contribution in [3.8, 4) is 22.8 Å². The van der Waals surface area contributed by atoms with Crippen molar-refractivity contribution in [1.29, 1.82) is 0 Å². The molecule has 1 aliphatic rings. The maximum absolute atomic E-state index is 12.8. The van der Waals surface area contributed by atoms with E-state index in [1.165, 1.54) is 32.5 Å². The normalized spacial score (nSPS) is 13.0. The molecule has 3 N–H and O–H groups in total. The summed E-state index contributed by atoms with van der Waals surface area (Å²) in [5.41, 5.74) is 6.67. The molecule has 2 aromatic heterocycles. The van der Waals surface area contributed by atoms with Crippen molar-refractivity contribution in [3.63, 3.8) is 0 Å². The number of anilines is 2. The molecule has 186 valence electrons. The SMILES string of the molecule is CN.COc1ccc(-c2cc(C(=O)Nc3ccc(OC(F)(F)F)cc3)cnc2N2CCCC2)cn1. The molecule has 1 fully saturated rings. The molecule has 35 heavy (non-hydrogen) atoms. The standard InChI is InChI=1S/C23H21F3N4O3.CH5N/c1-32-20-9-4-15(13-27-20)19-12-16(14-28-21(19)30-10-2-3-11-30)22(31)29-17-5-7-18(8-6-17)33-23(24,25)26;1-2/h4-9,12-14H,2-3,10-11H2,1H3,(H,29,31);2H2,1H3. The summed E-state index contributed by atoms with van der Waals surface area (Å²) in [6.45, 7) is 1.75. The number of halogens is 3. The number of carbonyl (C=O) groups excluding carboxylic acids is 1. The Morgan fingerprint density at radius 1 is 1.03 bits per heavy atom. The Kier molecular flexibility index (Phi) is 8.48. The number of nitrogens with one attached hydrogen (secondary N) is 1. The monoisotopic (exact) mass is 489 g/mol. The number of amides is 1. The highest BCUT2D eigenvalue weighted by molar-refractivity contribution is 6.05. The molecule has 0 unspecified atom stereocenters. The number of nitrogens with two attached hydrogens (primary N) is 1. The predicted octanol–water partition coefficient (Wildman–Crippen LogP) is 4.48. The van der Waals surface area contributed by atoms with Crippen molar-refractivity contribution in [2.75, 3.05) is 37.5 Å². The molecular formula is C24H26F3N5O3. The van der Waals surface area contributed by atoms with Crippen molar-refractivity contribution >= 4 is 17.4 Å². The summed E-state index contributed by atoms with van der Waals surface area (Å²) >= 11 is 0. The van der Waals surface area contributed by atoms with E-state index >= 15 is 0 Å². The van der Waals surface area contributed by atoms with Gasteiger partial charge in [0.2, 0.25) is 5.88 Å². The van der Waals surface area contributed by atoms with Gasteiger partial charge in [0.1, 0.15) is 11.6 Å². The first kappa shape index (κ1) is 25.8. The van der Waals surface area contributed by atoms with Gasteiger partial charge < -0.3 is 25.4 Å². The number of ether oxygens (including phenoxy) is 2. The molecule has 1 amide bonds. The van der Waals surface area contributed by atoms with Crippen LogP contribution in [0.3, 0.4) is 0 Å². The highest BCUT2D eigenvalue weighted by Gasteiger charge is 2.31. The second kappa shape index (κ2) is 11.5.